The topological polar surface area (TPSA) is 107 Å². The number of nitrogens with two attached hydrogens (primary N) is 1. The normalized spacial score (nSPS) is 19.9. The number of hydrogen-bond acceptors (Lipinski definition) is 5. The molecule has 1 aliphatic heterocycles. The molecule has 37 heavy (non-hydrogen) atoms. The van der Waals surface area contributed by atoms with Gasteiger partial charge in [0.25, 0.3) is 0 Å². The van der Waals surface area contributed by atoms with Crippen LogP contribution in [0, 0.1) is 5.82 Å². The first-order valence-corrected chi connectivity index (χ1v) is 15.0. The molecule has 1 aliphatic carbocycles. The Labute approximate surface area is 219 Å². The van der Waals surface area contributed by atoms with Crippen LogP contribution in [-0.4, -0.2) is 56.0 Å². The van der Waals surface area contributed by atoms with Crippen molar-refractivity contribution in [1.29, 1.82) is 0 Å². The molecular formula is C27H39FN4O4S. The number of rotatable bonds is 8. The highest BCUT2D eigenvalue weighted by Crippen LogP contribution is 2.37. The van der Waals surface area contributed by atoms with Gasteiger partial charge in [-0.05, 0) is 76.1 Å². The summed E-state index contributed by atoms with van der Waals surface area (Å²) in [6.07, 6.45) is 7.25. The molecule has 1 saturated heterocycles. The van der Waals surface area contributed by atoms with Gasteiger partial charge in [-0.15, -0.1) is 0 Å². The molecule has 1 saturated carbocycles. The highest BCUT2D eigenvalue weighted by atomic mass is 32.2. The molecule has 4 rings (SSSR count). The van der Waals surface area contributed by atoms with Gasteiger partial charge in [-0.1, -0.05) is 11.1 Å². The molecule has 0 unspecified atom stereocenters. The van der Waals surface area contributed by atoms with E-state index in [1.165, 1.54) is 43.4 Å². The van der Waals surface area contributed by atoms with Crippen LogP contribution in [0.3, 0.4) is 0 Å². The number of carbonyl (C=O) groups is 1. The van der Waals surface area contributed by atoms with Crippen molar-refractivity contribution < 1.29 is 22.3 Å². The van der Waals surface area contributed by atoms with Crippen molar-refractivity contribution in [3.05, 3.63) is 46.4 Å². The number of benzene rings is 1. The summed E-state index contributed by atoms with van der Waals surface area (Å²) in [6, 6.07) is 5.45. The van der Waals surface area contributed by atoms with E-state index in [0.29, 0.717) is 23.4 Å². The summed E-state index contributed by atoms with van der Waals surface area (Å²) in [6.45, 7) is 6.47. The Kier molecular flexibility index (Phi) is 8.60. The molecule has 1 aromatic heterocycles. The van der Waals surface area contributed by atoms with E-state index < -0.39 is 16.1 Å². The number of piperidine rings is 1. The molecule has 0 bridgehead atoms. The first-order chi connectivity index (χ1) is 17.5. The van der Waals surface area contributed by atoms with Crippen molar-refractivity contribution >= 4 is 27.0 Å². The van der Waals surface area contributed by atoms with Gasteiger partial charge < -0.3 is 19.9 Å². The predicted octanol–water partition coefficient (Wildman–Crippen LogP) is 4.38. The van der Waals surface area contributed by atoms with Crippen LogP contribution in [0.25, 0.3) is 10.9 Å². The SMILES string of the molecule is CC(C)=C1CCC(N2CCC(n3c(CCOC(N)=O)c(CNS(C)(=O)=O)c4cc(F)ccc43)CC2)CC1. The maximum Gasteiger partial charge on any atom is 0.404 e. The molecule has 10 heteroatoms. The average molecular weight is 535 g/mol. The van der Waals surface area contributed by atoms with Crippen LogP contribution in [-0.2, 0) is 27.7 Å². The van der Waals surface area contributed by atoms with Gasteiger partial charge in [0.2, 0.25) is 10.0 Å². The molecule has 1 aromatic carbocycles. The molecule has 0 radical (unpaired) electrons. The van der Waals surface area contributed by atoms with E-state index in [9.17, 15) is 17.6 Å². The second-order valence-corrected chi connectivity index (χ2v) is 12.4. The molecule has 1 amide bonds. The van der Waals surface area contributed by atoms with E-state index in [4.69, 9.17) is 10.5 Å². The summed E-state index contributed by atoms with van der Waals surface area (Å²) in [4.78, 5) is 13.8. The van der Waals surface area contributed by atoms with E-state index in [0.717, 1.165) is 43.4 Å². The molecule has 2 heterocycles. The molecule has 0 atom stereocenters. The molecule has 2 fully saturated rings. The number of nitrogens with zero attached hydrogens (tertiary/aromatic N) is 2. The van der Waals surface area contributed by atoms with Crippen molar-refractivity contribution in [3.63, 3.8) is 0 Å². The molecule has 2 aliphatic rings. The number of allylic oxidation sites excluding steroid dienone is 2. The van der Waals surface area contributed by atoms with Gasteiger partial charge in [-0.3, -0.25) is 0 Å². The van der Waals surface area contributed by atoms with Gasteiger partial charge >= 0.3 is 6.09 Å². The van der Waals surface area contributed by atoms with E-state index in [1.807, 2.05) is 0 Å². The summed E-state index contributed by atoms with van der Waals surface area (Å²) in [5, 5.41) is 0.675. The molecule has 204 valence electrons. The molecule has 2 aromatic rings. The monoisotopic (exact) mass is 534 g/mol. The fraction of sp³-hybridized carbons (Fsp3) is 0.593. The van der Waals surface area contributed by atoms with Crippen molar-refractivity contribution in [2.24, 2.45) is 5.73 Å². The Morgan fingerprint density at radius 1 is 1.14 bits per heavy atom. The third-order valence-electron chi connectivity index (χ3n) is 7.92. The summed E-state index contributed by atoms with van der Waals surface area (Å²) < 4.78 is 47.9. The van der Waals surface area contributed by atoms with Crippen molar-refractivity contribution in [1.82, 2.24) is 14.2 Å². The van der Waals surface area contributed by atoms with Crippen molar-refractivity contribution in [2.45, 2.75) is 77.4 Å². The van der Waals surface area contributed by atoms with Gasteiger partial charge in [0.05, 0.1) is 12.9 Å². The Hall–Kier alpha value is -2.43. The molecule has 3 N–H and O–H groups in total. The number of amides is 1. The second kappa shape index (κ2) is 11.5. The van der Waals surface area contributed by atoms with Crippen LogP contribution >= 0.6 is 0 Å². The fourth-order valence-electron chi connectivity index (χ4n) is 6.07. The highest BCUT2D eigenvalue weighted by Gasteiger charge is 2.30. The largest absolute Gasteiger partial charge is 0.449 e. The van der Waals surface area contributed by atoms with Crippen molar-refractivity contribution in [2.75, 3.05) is 26.0 Å². The minimum Gasteiger partial charge on any atom is -0.449 e. The lowest BCUT2D eigenvalue weighted by molar-refractivity contribution is 0.116. The Morgan fingerprint density at radius 2 is 1.81 bits per heavy atom. The molecular weight excluding hydrogens is 495 g/mol. The zero-order valence-electron chi connectivity index (χ0n) is 22.1. The van der Waals surface area contributed by atoms with Crippen LogP contribution in [0.15, 0.2) is 29.3 Å². The molecule has 0 spiro atoms. The number of carbonyl (C=O) groups excluding carboxylic acids is 1. The van der Waals surface area contributed by atoms with E-state index in [1.54, 1.807) is 11.6 Å². The van der Waals surface area contributed by atoms with Crippen LogP contribution < -0.4 is 10.5 Å². The first kappa shape index (κ1) is 27.6. The summed E-state index contributed by atoms with van der Waals surface area (Å²) in [5.74, 6) is -0.381. The van der Waals surface area contributed by atoms with Crippen LogP contribution in [0.2, 0.25) is 0 Å². The number of nitrogens with one attached hydrogen (secondary N) is 1. The quantitative estimate of drug-likeness (QED) is 0.489. The smallest absolute Gasteiger partial charge is 0.404 e. The minimum absolute atomic E-state index is 0.0330. The highest BCUT2D eigenvalue weighted by molar-refractivity contribution is 7.88. The number of sulfonamides is 1. The van der Waals surface area contributed by atoms with Crippen molar-refractivity contribution in [3.8, 4) is 0 Å². The van der Waals surface area contributed by atoms with E-state index in [-0.39, 0.29) is 25.0 Å². The third-order valence-corrected chi connectivity index (χ3v) is 8.59. The first-order valence-electron chi connectivity index (χ1n) is 13.1. The van der Waals surface area contributed by atoms with E-state index in [2.05, 4.69) is 28.0 Å². The number of likely N-dealkylation sites (tertiary alicyclic amines) is 1. The Balaban J connectivity index is 1.61. The number of halogens is 1. The summed E-state index contributed by atoms with van der Waals surface area (Å²) >= 11 is 0. The number of primary amides is 1. The second-order valence-electron chi connectivity index (χ2n) is 10.6. The zero-order chi connectivity index (χ0) is 26.7. The fourth-order valence-corrected chi connectivity index (χ4v) is 6.48. The molecule has 8 nitrogen and oxygen atoms in total. The lowest BCUT2D eigenvalue weighted by atomic mass is 9.86. The number of fused-ring (bicyclic) bond motifs is 1. The van der Waals surface area contributed by atoms with Crippen LogP contribution in [0.1, 0.15) is 69.7 Å². The lowest BCUT2D eigenvalue weighted by Gasteiger charge is -2.41. The standard InChI is InChI=1S/C27H39FN4O4S/c1-18(2)19-4-7-21(8-5-19)31-13-10-22(11-14-31)32-25-9-6-20(28)16-23(25)24(17-30-37(3,34)35)26(32)12-15-36-27(29)33/h6,9,16,21-22,30H,4-5,7-8,10-15,17H2,1-3H3,(H2,29,33). The maximum absolute atomic E-state index is 14.3. The van der Waals surface area contributed by atoms with Gasteiger partial charge in [-0.2, -0.15) is 0 Å². The Morgan fingerprint density at radius 3 is 2.41 bits per heavy atom. The lowest BCUT2D eigenvalue weighted by Crippen LogP contribution is -2.43. The summed E-state index contributed by atoms with van der Waals surface area (Å²) in [7, 11) is -3.46. The number of aromatic nitrogens is 1. The Bertz CT molecular complexity index is 1270. The predicted molar refractivity (Wildman–Crippen MR) is 143 cm³/mol. The number of ether oxygens (including phenoxy) is 1. The summed E-state index contributed by atoms with van der Waals surface area (Å²) in [5.41, 5.74) is 10.7. The van der Waals surface area contributed by atoms with Crippen LogP contribution in [0.4, 0.5) is 9.18 Å². The maximum atomic E-state index is 14.3. The average Bonchev–Trinajstić information content (AvgIpc) is 3.14. The van der Waals surface area contributed by atoms with E-state index >= 15 is 0 Å². The van der Waals surface area contributed by atoms with Gasteiger partial charge in [0, 0.05) is 54.7 Å². The third kappa shape index (κ3) is 6.72. The zero-order valence-corrected chi connectivity index (χ0v) is 22.9. The van der Waals surface area contributed by atoms with Gasteiger partial charge in [-0.25, -0.2) is 22.3 Å². The van der Waals surface area contributed by atoms with Gasteiger partial charge in [0.1, 0.15) is 5.82 Å². The minimum atomic E-state index is -3.46. The number of hydrogen-bond donors (Lipinski definition) is 2. The van der Waals surface area contributed by atoms with Crippen LogP contribution in [0.5, 0.6) is 0 Å². The van der Waals surface area contributed by atoms with Gasteiger partial charge in [0.15, 0.2) is 0 Å².